The molecule has 0 saturated heterocycles. The van der Waals surface area contributed by atoms with Crippen molar-refractivity contribution < 1.29 is 0 Å². The van der Waals surface area contributed by atoms with E-state index in [1.54, 1.807) is 11.7 Å². The maximum Gasteiger partial charge on any atom is 0.251 e. The highest BCUT2D eigenvalue weighted by Crippen LogP contribution is 2.23. The summed E-state index contributed by atoms with van der Waals surface area (Å²) in [6, 6.07) is 1.47. The number of aryl methyl sites for hydroxylation is 1. The average Bonchev–Trinajstić information content (AvgIpc) is 2.98. The second-order valence-corrected chi connectivity index (χ2v) is 5.38. The van der Waals surface area contributed by atoms with Crippen LogP contribution in [0, 0.1) is 6.92 Å². The molecule has 0 bridgehead atoms. The zero-order valence-corrected chi connectivity index (χ0v) is 11.0. The number of aromatic nitrogens is 4. The molecule has 0 aliphatic heterocycles. The molecule has 0 spiro atoms. The van der Waals surface area contributed by atoms with Crippen molar-refractivity contribution in [2.24, 2.45) is 0 Å². The first-order valence-corrected chi connectivity index (χ1v) is 6.91. The van der Waals surface area contributed by atoms with E-state index in [4.69, 9.17) is 0 Å². The number of nitrogens with one attached hydrogen (secondary N) is 1. The summed E-state index contributed by atoms with van der Waals surface area (Å²) in [5.41, 5.74) is 3.08. The van der Waals surface area contributed by atoms with Gasteiger partial charge in [-0.1, -0.05) is 0 Å². The van der Waals surface area contributed by atoms with Crippen molar-refractivity contribution >= 4 is 22.7 Å². The first-order chi connectivity index (χ1) is 8.72. The molecular formula is C11H8N4OS2. The summed E-state index contributed by atoms with van der Waals surface area (Å²) in [6.07, 6.45) is 1.70. The lowest BCUT2D eigenvalue weighted by Gasteiger charge is -1.99. The Labute approximate surface area is 110 Å². The van der Waals surface area contributed by atoms with Crippen LogP contribution < -0.4 is 5.56 Å². The van der Waals surface area contributed by atoms with Crippen LogP contribution in [0.1, 0.15) is 5.69 Å². The smallest absolute Gasteiger partial charge is 0.251 e. The summed E-state index contributed by atoms with van der Waals surface area (Å²) in [6.45, 7) is 1.91. The number of hydrogen-bond acceptors (Lipinski definition) is 6. The molecule has 0 aliphatic rings. The minimum atomic E-state index is -0.184. The van der Waals surface area contributed by atoms with Crippen LogP contribution in [0.5, 0.6) is 0 Å². The van der Waals surface area contributed by atoms with Crippen LogP contribution in [0.4, 0.5) is 0 Å². The van der Waals surface area contributed by atoms with E-state index in [0.29, 0.717) is 11.5 Å². The summed E-state index contributed by atoms with van der Waals surface area (Å²) in [7, 11) is 0. The third-order valence-electron chi connectivity index (χ3n) is 2.25. The highest BCUT2D eigenvalue weighted by molar-refractivity contribution is 7.13. The van der Waals surface area contributed by atoms with Gasteiger partial charge in [0, 0.05) is 23.3 Å². The lowest BCUT2D eigenvalue weighted by atomic mass is 10.3. The van der Waals surface area contributed by atoms with E-state index in [2.05, 4.69) is 19.9 Å². The van der Waals surface area contributed by atoms with Crippen molar-refractivity contribution in [3.05, 3.63) is 39.2 Å². The molecule has 0 amide bonds. The monoisotopic (exact) mass is 276 g/mol. The summed E-state index contributed by atoms with van der Waals surface area (Å²) >= 11 is 2.91. The van der Waals surface area contributed by atoms with Crippen LogP contribution in [0.3, 0.4) is 0 Å². The fraction of sp³-hybridized carbons (Fsp3) is 0.0909. The molecule has 90 valence electrons. The molecular weight excluding hydrogens is 268 g/mol. The Kier molecular flexibility index (Phi) is 2.77. The molecule has 7 heteroatoms. The molecule has 3 aromatic rings. The molecule has 1 N–H and O–H groups in total. The molecule has 18 heavy (non-hydrogen) atoms. The number of H-pyrrole nitrogens is 1. The number of thiazole rings is 2. The van der Waals surface area contributed by atoms with Gasteiger partial charge in [0.2, 0.25) is 0 Å². The first kappa shape index (κ1) is 11.2. The lowest BCUT2D eigenvalue weighted by Crippen LogP contribution is -2.08. The van der Waals surface area contributed by atoms with Crippen LogP contribution in [0.15, 0.2) is 27.9 Å². The van der Waals surface area contributed by atoms with Crippen molar-refractivity contribution in [2.45, 2.75) is 6.92 Å². The highest BCUT2D eigenvalue weighted by Gasteiger charge is 2.09. The molecule has 3 aromatic heterocycles. The van der Waals surface area contributed by atoms with Gasteiger partial charge in [0.15, 0.2) is 10.8 Å². The highest BCUT2D eigenvalue weighted by atomic mass is 32.1. The van der Waals surface area contributed by atoms with E-state index in [1.807, 2.05) is 12.3 Å². The van der Waals surface area contributed by atoms with E-state index >= 15 is 0 Å². The van der Waals surface area contributed by atoms with Crippen LogP contribution >= 0.6 is 22.7 Å². The lowest BCUT2D eigenvalue weighted by molar-refractivity contribution is 1.11. The normalized spacial score (nSPS) is 10.7. The molecule has 0 fully saturated rings. The molecule has 0 saturated carbocycles. The minimum Gasteiger partial charge on any atom is -0.304 e. The number of nitrogens with zero attached hydrogens (tertiary/aromatic N) is 3. The Morgan fingerprint density at radius 1 is 1.28 bits per heavy atom. The summed E-state index contributed by atoms with van der Waals surface area (Å²) in [4.78, 5) is 28.0. The standard InChI is InChI=1S/C11H8N4OS2/c1-6-4-17-11(13-6)10-14-7(2-9(16)15-10)8-3-12-5-18-8/h2-5H,1H3,(H,14,15,16). The van der Waals surface area contributed by atoms with Gasteiger partial charge >= 0.3 is 0 Å². The summed E-state index contributed by atoms with van der Waals surface area (Å²) in [5, 5.41) is 2.64. The topological polar surface area (TPSA) is 71.5 Å². The van der Waals surface area contributed by atoms with Crippen molar-refractivity contribution in [1.29, 1.82) is 0 Å². The Morgan fingerprint density at radius 2 is 2.17 bits per heavy atom. The quantitative estimate of drug-likeness (QED) is 0.779. The van der Waals surface area contributed by atoms with Crippen molar-refractivity contribution in [3.8, 4) is 21.4 Å². The molecule has 5 nitrogen and oxygen atoms in total. The van der Waals surface area contributed by atoms with Gasteiger partial charge in [0.05, 0.1) is 16.1 Å². The van der Waals surface area contributed by atoms with E-state index in [-0.39, 0.29) is 5.56 Å². The number of rotatable bonds is 2. The van der Waals surface area contributed by atoms with E-state index in [9.17, 15) is 4.79 Å². The maximum atomic E-state index is 11.7. The van der Waals surface area contributed by atoms with Crippen molar-refractivity contribution in [3.63, 3.8) is 0 Å². The Bertz CT molecular complexity index is 730. The molecule has 3 rings (SSSR count). The molecule has 0 atom stereocenters. The predicted molar refractivity (Wildman–Crippen MR) is 71.8 cm³/mol. The second-order valence-electron chi connectivity index (χ2n) is 3.64. The molecule has 0 aromatic carbocycles. The largest absolute Gasteiger partial charge is 0.304 e. The van der Waals surface area contributed by atoms with Crippen LogP contribution in [0.2, 0.25) is 0 Å². The molecule has 0 unspecified atom stereocenters. The van der Waals surface area contributed by atoms with Gasteiger partial charge in [0.1, 0.15) is 0 Å². The first-order valence-electron chi connectivity index (χ1n) is 5.15. The Hall–Kier alpha value is -1.86. The van der Waals surface area contributed by atoms with Gasteiger partial charge in [-0.25, -0.2) is 9.97 Å². The van der Waals surface area contributed by atoms with Gasteiger partial charge in [-0.3, -0.25) is 9.78 Å². The van der Waals surface area contributed by atoms with E-state index in [1.165, 1.54) is 28.7 Å². The fourth-order valence-electron chi connectivity index (χ4n) is 1.49. The van der Waals surface area contributed by atoms with Gasteiger partial charge in [-0.05, 0) is 6.92 Å². The molecule has 0 radical (unpaired) electrons. The predicted octanol–water partition coefficient (Wildman–Crippen LogP) is 2.33. The van der Waals surface area contributed by atoms with Crippen LogP contribution in [-0.2, 0) is 0 Å². The molecule has 0 aliphatic carbocycles. The third-order valence-corrected chi connectivity index (χ3v) is 4.01. The SMILES string of the molecule is Cc1csc(-c2nc(-c3cncs3)cc(=O)[nH]2)n1. The molecule has 3 heterocycles. The Balaban J connectivity index is 2.15. The average molecular weight is 276 g/mol. The van der Waals surface area contributed by atoms with E-state index < -0.39 is 0 Å². The van der Waals surface area contributed by atoms with Gasteiger partial charge in [0.25, 0.3) is 5.56 Å². The second kappa shape index (κ2) is 4.43. The van der Waals surface area contributed by atoms with Crippen molar-refractivity contribution in [2.75, 3.05) is 0 Å². The van der Waals surface area contributed by atoms with Gasteiger partial charge < -0.3 is 4.98 Å². The fourth-order valence-corrected chi connectivity index (χ4v) is 2.81. The van der Waals surface area contributed by atoms with Gasteiger partial charge in [-0.15, -0.1) is 22.7 Å². The maximum absolute atomic E-state index is 11.7. The minimum absolute atomic E-state index is 0.184. The van der Waals surface area contributed by atoms with Crippen molar-refractivity contribution in [1.82, 2.24) is 19.9 Å². The van der Waals surface area contributed by atoms with E-state index in [0.717, 1.165) is 15.6 Å². The van der Waals surface area contributed by atoms with Crippen LogP contribution in [-0.4, -0.2) is 19.9 Å². The zero-order valence-electron chi connectivity index (χ0n) is 9.38. The number of hydrogen-bond donors (Lipinski definition) is 1. The van der Waals surface area contributed by atoms with Crippen LogP contribution in [0.25, 0.3) is 21.4 Å². The third kappa shape index (κ3) is 2.09. The van der Waals surface area contributed by atoms with Gasteiger partial charge in [-0.2, -0.15) is 0 Å². The summed E-state index contributed by atoms with van der Waals surface area (Å²) in [5.74, 6) is 0.504. The zero-order chi connectivity index (χ0) is 12.5. The number of aromatic amines is 1. The summed E-state index contributed by atoms with van der Waals surface area (Å²) < 4.78 is 0. The Morgan fingerprint density at radius 3 is 2.83 bits per heavy atom.